The largest absolute Gasteiger partial charge is 0.497 e. The maximum atomic E-state index is 13.1. The van der Waals surface area contributed by atoms with Gasteiger partial charge in [0.05, 0.1) is 12.8 Å². The van der Waals surface area contributed by atoms with Crippen LogP contribution < -0.4 is 10.2 Å². The second-order valence-corrected chi connectivity index (χ2v) is 5.03. The molecule has 1 aliphatic carbocycles. The first kappa shape index (κ1) is 14.3. The third kappa shape index (κ3) is 2.83. The molecule has 0 radical (unpaired) electrons. The second kappa shape index (κ2) is 5.97. The van der Waals surface area contributed by atoms with Gasteiger partial charge in [0.1, 0.15) is 11.6 Å². The van der Waals surface area contributed by atoms with Gasteiger partial charge in [0, 0.05) is 11.1 Å². The van der Waals surface area contributed by atoms with Gasteiger partial charge in [0.2, 0.25) is 0 Å². The predicted molar refractivity (Wildman–Crippen MR) is 81.7 cm³/mol. The molecule has 1 aliphatic rings. The third-order valence-electron chi connectivity index (χ3n) is 3.63. The van der Waals surface area contributed by atoms with Crippen molar-refractivity contribution in [3.8, 4) is 5.75 Å². The summed E-state index contributed by atoms with van der Waals surface area (Å²) in [5.74, 6) is -0.0589. The Morgan fingerprint density at radius 3 is 2.86 bits per heavy atom. The van der Waals surface area contributed by atoms with Crippen LogP contribution in [0.2, 0.25) is 0 Å². The van der Waals surface area contributed by atoms with Crippen LogP contribution in [0.25, 0.3) is 0 Å². The number of methoxy groups -OCH3 is 1. The summed E-state index contributed by atoms with van der Waals surface area (Å²) in [5, 5.41) is 4.18. The molecule has 1 N–H and O–H groups in total. The average Bonchev–Trinajstić information content (AvgIpc) is 2.94. The van der Waals surface area contributed by atoms with Gasteiger partial charge in [-0.1, -0.05) is 6.07 Å². The fourth-order valence-electron chi connectivity index (χ4n) is 2.50. The molecule has 0 saturated heterocycles. The topological polar surface area (TPSA) is 50.7 Å². The lowest BCUT2D eigenvalue weighted by atomic mass is 10.1. The van der Waals surface area contributed by atoms with Crippen molar-refractivity contribution in [1.82, 2.24) is 5.43 Å². The zero-order chi connectivity index (χ0) is 15.5. The van der Waals surface area contributed by atoms with E-state index in [9.17, 15) is 9.18 Å². The summed E-state index contributed by atoms with van der Waals surface area (Å²) in [7, 11) is 1.63. The Kier molecular flexibility index (Phi) is 3.87. The van der Waals surface area contributed by atoms with E-state index >= 15 is 0 Å². The van der Waals surface area contributed by atoms with Crippen LogP contribution in [0.1, 0.15) is 27.9 Å². The number of nitrogens with zero attached hydrogens (tertiary/aromatic N) is 1. The molecule has 2 aromatic carbocycles. The van der Waals surface area contributed by atoms with Crippen molar-refractivity contribution >= 4 is 11.6 Å². The highest BCUT2D eigenvalue weighted by Crippen LogP contribution is 2.26. The molecule has 0 spiro atoms. The Bertz CT molecular complexity index is 756. The average molecular weight is 298 g/mol. The van der Waals surface area contributed by atoms with Crippen molar-refractivity contribution in [2.24, 2.45) is 5.10 Å². The van der Waals surface area contributed by atoms with Crippen LogP contribution in [0, 0.1) is 5.82 Å². The monoisotopic (exact) mass is 298 g/mol. The number of rotatable bonds is 3. The summed E-state index contributed by atoms with van der Waals surface area (Å²) < 4.78 is 18.3. The minimum absolute atomic E-state index is 0.248. The summed E-state index contributed by atoms with van der Waals surface area (Å²) in [6.07, 6.45) is 1.62. The smallest absolute Gasteiger partial charge is 0.271 e. The number of aryl methyl sites for hydroxylation is 1. The van der Waals surface area contributed by atoms with E-state index in [1.807, 2.05) is 18.2 Å². The molecule has 0 aromatic heterocycles. The van der Waals surface area contributed by atoms with Gasteiger partial charge in [-0.05, 0) is 54.8 Å². The number of amides is 1. The van der Waals surface area contributed by atoms with Crippen molar-refractivity contribution in [3.05, 3.63) is 65.0 Å². The van der Waals surface area contributed by atoms with Gasteiger partial charge in [-0.3, -0.25) is 4.79 Å². The molecule has 2 aromatic rings. The number of carbonyl (C=O) groups excluding carboxylic acids is 1. The van der Waals surface area contributed by atoms with Crippen LogP contribution in [0.3, 0.4) is 0 Å². The first-order valence-electron chi connectivity index (χ1n) is 6.97. The molecule has 0 atom stereocenters. The number of ether oxygens (including phenoxy) is 1. The lowest BCUT2D eigenvalue weighted by Gasteiger charge is -2.04. The van der Waals surface area contributed by atoms with Crippen LogP contribution in [0.5, 0.6) is 5.75 Å². The van der Waals surface area contributed by atoms with Crippen LogP contribution >= 0.6 is 0 Å². The Morgan fingerprint density at radius 1 is 1.23 bits per heavy atom. The Hall–Kier alpha value is -2.69. The van der Waals surface area contributed by atoms with Gasteiger partial charge < -0.3 is 4.74 Å². The minimum atomic E-state index is -0.446. The fourth-order valence-corrected chi connectivity index (χ4v) is 2.50. The number of hydrazone groups is 1. The normalized spacial score (nSPS) is 14.7. The molecule has 0 heterocycles. The number of hydrogen-bond donors (Lipinski definition) is 1. The van der Waals surface area contributed by atoms with Crippen LogP contribution in [-0.4, -0.2) is 18.7 Å². The molecule has 0 bridgehead atoms. The summed E-state index contributed by atoms with van der Waals surface area (Å²) in [6, 6.07) is 11.3. The van der Waals surface area contributed by atoms with Crippen molar-refractivity contribution < 1.29 is 13.9 Å². The van der Waals surface area contributed by atoms with Gasteiger partial charge in [-0.15, -0.1) is 0 Å². The predicted octanol–water partition coefficient (Wildman–Crippen LogP) is 2.91. The highest BCUT2D eigenvalue weighted by molar-refractivity contribution is 6.05. The number of fused-ring (bicyclic) bond motifs is 1. The molecule has 1 amide bonds. The highest BCUT2D eigenvalue weighted by Gasteiger charge is 2.18. The zero-order valence-electron chi connectivity index (χ0n) is 12.1. The van der Waals surface area contributed by atoms with E-state index in [1.165, 1.54) is 18.2 Å². The maximum absolute atomic E-state index is 13.1. The molecule has 3 rings (SSSR count). The molecule has 4 nitrogen and oxygen atoms in total. The Labute approximate surface area is 127 Å². The van der Waals surface area contributed by atoms with E-state index in [2.05, 4.69) is 10.5 Å². The van der Waals surface area contributed by atoms with E-state index in [0.717, 1.165) is 35.4 Å². The van der Waals surface area contributed by atoms with Gasteiger partial charge in [-0.2, -0.15) is 5.10 Å². The lowest BCUT2D eigenvalue weighted by Crippen LogP contribution is -2.19. The van der Waals surface area contributed by atoms with Crippen LogP contribution in [0.15, 0.2) is 47.6 Å². The number of benzene rings is 2. The SMILES string of the molecule is COc1ccc2c(c1)CC/C2=N\NC(=O)c1cccc(F)c1. The molecular weight excluding hydrogens is 283 g/mol. The minimum Gasteiger partial charge on any atom is -0.497 e. The third-order valence-corrected chi connectivity index (χ3v) is 3.63. The summed E-state index contributed by atoms with van der Waals surface area (Å²) in [6.45, 7) is 0. The zero-order valence-corrected chi connectivity index (χ0v) is 12.1. The number of nitrogens with one attached hydrogen (secondary N) is 1. The summed E-state index contributed by atoms with van der Waals surface area (Å²) in [4.78, 5) is 12.0. The standard InChI is InChI=1S/C17H15FN2O2/c1-22-14-6-7-15-11(10-14)5-8-16(15)19-20-17(21)12-3-2-4-13(18)9-12/h2-4,6-7,9-10H,5,8H2,1H3,(H,20,21)/b19-16+. The van der Waals surface area contributed by atoms with Gasteiger partial charge >= 0.3 is 0 Å². The van der Waals surface area contributed by atoms with Gasteiger partial charge in [0.25, 0.3) is 5.91 Å². The maximum Gasteiger partial charge on any atom is 0.271 e. The number of hydrogen-bond acceptors (Lipinski definition) is 3. The van der Waals surface area contributed by atoms with Gasteiger partial charge in [0.15, 0.2) is 0 Å². The van der Waals surface area contributed by atoms with E-state index in [1.54, 1.807) is 13.2 Å². The molecule has 0 saturated carbocycles. The molecule has 0 unspecified atom stereocenters. The van der Waals surface area contributed by atoms with E-state index < -0.39 is 11.7 Å². The van der Waals surface area contributed by atoms with Crippen molar-refractivity contribution in [1.29, 1.82) is 0 Å². The molecule has 22 heavy (non-hydrogen) atoms. The van der Waals surface area contributed by atoms with Crippen molar-refractivity contribution in [3.63, 3.8) is 0 Å². The van der Waals surface area contributed by atoms with E-state index in [0.29, 0.717) is 0 Å². The van der Waals surface area contributed by atoms with E-state index in [-0.39, 0.29) is 5.56 Å². The van der Waals surface area contributed by atoms with Gasteiger partial charge in [-0.25, -0.2) is 9.82 Å². The second-order valence-electron chi connectivity index (χ2n) is 5.03. The quantitative estimate of drug-likeness (QED) is 0.886. The van der Waals surface area contributed by atoms with Crippen molar-refractivity contribution in [2.75, 3.05) is 7.11 Å². The first-order valence-corrected chi connectivity index (χ1v) is 6.97. The Morgan fingerprint density at radius 2 is 2.09 bits per heavy atom. The molecule has 112 valence electrons. The fraction of sp³-hybridized carbons (Fsp3) is 0.176. The lowest BCUT2D eigenvalue weighted by molar-refractivity contribution is 0.0954. The number of carbonyl (C=O) groups is 1. The van der Waals surface area contributed by atoms with E-state index in [4.69, 9.17) is 4.74 Å². The molecule has 0 aliphatic heterocycles. The highest BCUT2D eigenvalue weighted by atomic mass is 19.1. The molecule has 5 heteroatoms. The Balaban J connectivity index is 1.77. The summed E-state index contributed by atoms with van der Waals surface area (Å²) >= 11 is 0. The number of halogens is 1. The van der Waals surface area contributed by atoms with Crippen molar-refractivity contribution in [2.45, 2.75) is 12.8 Å². The molecule has 0 fully saturated rings. The first-order chi connectivity index (χ1) is 10.7. The molecular formula is C17H15FN2O2. The summed E-state index contributed by atoms with van der Waals surface area (Å²) in [5.41, 5.74) is 5.72. The van der Waals surface area contributed by atoms with Crippen LogP contribution in [0.4, 0.5) is 4.39 Å². The van der Waals surface area contributed by atoms with Crippen LogP contribution in [-0.2, 0) is 6.42 Å².